The standard InChI is InChI=1S/C13H16ClNO5S/c1-2-19-6-5-15-13(16)12-8-9-7-10(21(14,17)18)3-4-11(9)20-12/h3-4,7,12H,2,5-6,8H2,1H3,(H,15,16). The lowest BCUT2D eigenvalue weighted by atomic mass is 10.1. The second-order valence-corrected chi connectivity index (χ2v) is 7.07. The largest absolute Gasteiger partial charge is 0.480 e. The van der Waals surface area contributed by atoms with Gasteiger partial charge in [-0.25, -0.2) is 8.42 Å². The molecule has 2 rings (SSSR count). The lowest BCUT2D eigenvalue weighted by Gasteiger charge is -2.11. The van der Waals surface area contributed by atoms with E-state index >= 15 is 0 Å². The van der Waals surface area contributed by atoms with Crippen LogP contribution in [-0.4, -0.2) is 40.2 Å². The predicted molar refractivity (Wildman–Crippen MR) is 77.1 cm³/mol. The number of carbonyl (C=O) groups excluding carboxylic acids is 1. The van der Waals surface area contributed by atoms with Gasteiger partial charge in [-0.3, -0.25) is 4.79 Å². The maximum atomic E-state index is 11.9. The van der Waals surface area contributed by atoms with E-state index in [2.05, 4.69) is 5.32 Å². The monoisotopic (exact) mass is 333 g/mol. The number of rotatable bonds is 6. The van der Waals surface area contributed by atoms with Crippen LogP contribution in [0.1, 0.15) is 12.5 Å². The van der Waals surface area contributed by atoms with E-state index in [-0.39, 0.29) is 10.8 Å². The summed E-state index contributed by atoms with van der Waals surface area (Å²) in [5, 5.41) is 2.71. The quantitative estimate of drug-likeness (QED) is 0.622. The zero-order chi connectivity index (χ0) is 15.5. The van der Waals surface area contributed by atoms with Crippen molar-refractivity contribution in [2.75, 3.05) is 19.8 Å². The number of hydrogen-bond donors (Lipinski definition) is 1. The summed E-state index contributed by atoms with van der Waals surface area (Å²) in [4.78, 5) is 11.9. The molecule has 1 atom stereocenters. The molecule has 21 heavy (non-hydrogen) atoms. The third-order valence-electron chi connectivity index (χ3n) is 3.03. The third kappa shape index (κ3) is 4.09. The summed E-state index contributed by atoms with van der Waals surface area (Å²) in [7, 11) is 1.51. The minimum Gasteiger partial charge on any atom is -0.480 e. The summed E-state index contributed by atoms with van der Waals surface area (Å²) in [6.07, 6.45) is -0.342. The molecule has 0 fully saturated rings. The smallest absolute Gasteiger partial charge is 0.261 e. The van der Waals surface area contributed by atoms with Crippen molar-refractivity contribution in [3.8, 4) is 5.75 Å². The summed E-state index contributed by atoms with van der Waals surface area (Å²) in [6.45, 7) is 3.32. The van der Waals surface area contributed by atoms with E-state index in [1.165, 1.54) is 18.2 Å². The Morgan fingerprint density at radius 1 is 1.52 bits per heavy atom. The highest BCUT2D eigenvalue weighted by Crippen LogP contribution is 2.31. The van der Waals surface area contributed by atoms with Gasteiger partial charge in [-0.1, -0.05) is 0 Å². The average Bonchev–Trinajstić information content (AvgIpc) is 2.85. The van der Waals surface area contributed by atoms with Crippen molar-refractivity contribution in [1.29, 1.82) is 0 Å². The van der Waals surface area contributed by atoms with Gasteiger partial charge in [0.05, 0.1) is 11.5 Å². The molecular formula is C13H16ClNO5S. The van der Waals surface area contributed by atoms with Crippen LogP contribution in [0.4, 0.5) is 0 Å². The van der Waals surface area contributed by atoms with Crippen LogP contribution in [0.25, 0.3) is 0 Å². The van der Waals surface area contributed by atoms with E-state index in [0.717, 1.165) is 0 Å². The average molecular weight is 334 g/mol. The first-order chi connectivity index (χ1) is 9.91. The van der Waals surface area contributed by atoms with Crippen LogP contribution in [-0.2, 0) is 25.0 Å². The first kappa shape index (κ1) is 16.1. The predicted octanol–water partition coefficient (Wildman–Crippen LogP) is 1.07. The summed E-state index contributed by atoms with van der Waals surface area (Å²) >= 11 is 0. The molecule has 1 heterocycles. The molecule has 0 bridgehead atoms. The Balaban J connectivity index is 1.98. The van der Waals surface area contributed by atoms with E-state index in [0.29, 0.717) is 37.5 Å². The number of halogens is 1. The molecule has 0 aliphatic carbocycles. The van der Waals surface area contributed by atoms with Gasteiger partial charge in [0, 0.05) is 30.3 Å². The third-order valence-corrected chi connectivity index (χ3v) is 4.38. The Kier molecular flexibility index (Phi) is 5.08. The van der Waals surface area contributed by atoms with Crippen molar-refractivity contribution in [3.63, 3.8) is 0 Å². The number of hydrogen-bond acceptors (Lipinski definition) is 5. The van der Waals surface area contributed by atoms with E-state index in [4.69, 9.17) is 20.2 Å². The van der Waals surface area contributed by atoms with Crippen LogP contribution in [0.3, 0.4) is 0 Å². The fourth-order valence-corrected chi connectivity index (χ4v) is 2.83. The highest BCUT2D eigenvalue weighted by atomic mass is 35.7. The van der Waals surface area contributed by atoms with Gasteiger partial charge in [-0.05, 0) is 30.7 Å². The molecule has 1 N–H and O–H groups in total. The number of carbonyl (C=O) groups is 1. The van der Waals surface area contributed by atoms with Gasteiger partial charge in [-0.15, -0.1) is 0 Å². The molecule has 6 nitrogen and oxygen atoms in total. The van der Waals surface area contributed by atoms with E-state index in [1.807, 2.05) is 6.92 Å². The maximum Gasteiger partial charge on any atom is 0.261 e. The lowest BCUT2D eigenvalue weighted by molar-refractivity contribution is -0.127. The first-order valence-electron chi connectivity index (χ1n) is 6.51. The highest BCUT2D eigenvalue weighted by molar-refractivity contribution is 8.13. The summed E-state index contributed by atoms with van der Waals surface area (Å²) < 4.78 is 33.2. The molecule has 116 valence electrons. The van der Waals surface area contributed by atoms with Crippen LogP contribution < -0.4 is 10.1 Å². The molecule has 1 amide bonds. The summed E-state index contributed by atoms with van der Waals surface area (Å²) in [6, 6.07) is 4.31. The van der Waals surface area contributed by atoms with Crippen LogP contribution in [0.5, 0.6) is 5.75 Å². The summed E-state index contributed by atoms with van der Waals surface area (Å²) in [5.74, 6) is 0.255. The van der Waals surface area contributed by atoms with Gasteiger partial charge in [0.2, 0.25) is 0 Å². The Hall–Kier alpha value is -1.31. The SMILES string of the molecule is CCOCCNC(=O)C1Cc2cc(S(=O)(=O)Cl)ccc2O1. The molecule has 0 radical (unpaired) electrons. The fraction of sp³-hybridized carbons (Fsp3) is 0.462. The van der Waals surface area contributed by atoms with Gasteiger partial charge in [0.15, 0.2) is 6.10 Å². The van der Waals surface area contributed by atoms with Gasteiger partial charge >= 0.3 is 0 Å². The van der Waals surface area contributed by atoms with E-state index in [1.54, 1.807) is 0 Å². The lowest BCUT2D eigenvalue weighted by Crippen LogP contribution is -2.39. The molecule has 8 heteroatoms. The number of nitrogens with one attached hydrogen (secondary N) is 1. The second-order valence-electron chi connectivity index (χ2n) is 4.51. The van der Waals surface area contributed by atoms with Gasteiger partial charge in [-0.2, -0.15) is 0 Å². The maximum absolute atomic E-state index is 11.9. The van der Waals surface area contributed by atoms with Crippen molar-refractivity contribution < 1.29 is 22.7 Å². The number of benzene rings is 1. The zero-order valence-corrected chi connectivity index (χ0v) is 13.0. The van der Waals surface area contributed by atoms with Gasteiger partial charge in [0.1, 0.15) is 5.75 Å². The molecule has 1 unspecified atom stereocenters. The molecule has 0 aromatic heterocycles. The minimum atomic E-state index is -3.78. The van der Waals surface area contributed by atoms with E-state index in [9.17, 15) is 13.2 Å². The Morgan fingerprint density at radius 2 is 2.29 bits per heavy atom. The number of ether oxygens (including phenoxy) is 2. The van der Waals surface area contributed by atoms with Crippen molar-refractivity contribution in [3.05, 3.63) is 23.8 Å². The molecule has 1 aromatic carbocycles. The van der Waals surface area contributed by atoms with Crippen LogP contribution in [0.2, 0.25) is 0 Å². The molecule has 1 aliphatic heterocycles. The zero-order valence-electron chi connectivity index (χ0n) is 11.5. The van der Waals surface area contributed by atoms with Crippen molar-refractivity contribution in [1.82, 2.24) is 5.32 Å². The molecule has 1 aliphatic rings. The first-order valence-corrected chi connectivity index (χ1v) is 8.82. The van der Waals surface area contributed by atoms with E-state index < -0.39 is 15.2 Å². The normalized spacial score (nSPS) is 17.1. The minimum absolute atomic E-state index is 0.00363. The fourth-order valence-electron chi connectivity index (χ4n) is 2.03. The Morgan fingerprint density at radius 3 is 2.95 bits per heavy atom. The molecule has 0 spiro atoms. The van der Waals surface area contributed by atoms with Crippen LogP contribution in [0, 0.1) is 0 Å². The molecule has 1 aromatic rings. The second kappa shape index (κ2) is 6.64. The van der Waals surface area contributed by atoms with Crippen LogP contribution in [0.15, 0.2) is 23.1 Å². The van der Waals surface area contributed by atoms with Crippen molar-refractivity contribution >= 4 is 25.6 Å². The van der Waals surface area contributed by atoms with Gasteiger partial charge in [0.25, 0.3) is 15.0 Å². The molecular weight excluding hydrogens is 318 g/mol. The molecule has 0 saturated heterocycles. The Labute approximate surface area is 127 Å². The van der Waals surface area contributed by atoms with Gasteiger partial charge < -0.3 is 14.8 Å². The van der Waals surface area contributed by atoms with Crippen LogP contribution >= 0.6 is 10.7 Å². The van der Waals surface area contributed by atoms with Crippen molar-refractivity contribution in [2.24, 2.45) is 0 Å². The summed E-state index contributed by atoms with van der Waals surface area (Å²) in [5.41, 5.74) is 0.654. The van der Waals surface area contributed by atoms with Crippen molar-refractivity contribution in [2.45, 2.75) is 24.3 Å². The molecule has 0 saturated carbocycles. The Bertz CT molecular complexity index is 631. The highest BCUT2D eigenvalue weighted by Gasteiger charge is 2.29. The topological polar surface area (TPSA) is 81.7 Å². The number of amides is 1. The number of fused-ring (bicyclic) bond motifs is 1.